The monoisotopic (exact) mass is 337 g/mol. The van der Waals surface area contributed by atoms with Gasteiger partial charge in [-0.1, -0.05) is 6.07 Å². The third-order valence-electron chi connectivity index (χ3n) is 3.19. The quantitative estimate of drug-likeness (QED) is 0.506. The molecule has 8 heteroatoms. The zero-order valence-electron chi connectivity index (χ0n) is 13.0. The number of rotatable bonds is 6. The summed E-state index contributed by atoms with van der Waals surface area (Å²) < 4.78 is 0. The summed E-state index contributed by atoms with van der Waals surface area (Å²) in [5.74, 6) is -0.216. The third-order valence-corrected chi connectivity index (χ3v) is 3.19. The Morgan fingerprint density at radius 3 is 2.52 bits per heavy atom. The fourth-order valence-corrected chi connectivity index (χ4v) is 2.08. The van der Waals surface area contributed by atoms with E-state index in [-0.39, 0.29) is 18.2 Å². The molecule has 0 aliphatic rings. The van der Waals surface area contributed by atoms with Gasteiger partial charge in [0.15, 0.2) is 0 Å². The van der Waals surface area contributed by atoms with E-state index in [9.17, 15) is 9.90 Å². The average Bonchev–Trinajstić information content (AvgIpc) is 2.62. The van der Waals surface area contributed by atoms with Gasteiger partial charge in [0.1, 0.15) is 18.1 Å². The van der Waals surface area contributed by atoms with Gasteiger partial charge in [0, 0.05) is 18.0 Å². The number of nitrogens with zero attached hydrogens (tertiary/aromatic N) is 3. The molecule has 0 aliphatic carbocycles. The molecular weight excluding hydrogens is 322 g/mol. The molecule has 0 fully saturated rings. The highest BCUT2D eigenvalue weighted by atomic mass is 16.4. The molecule has 0 aliphatic heterocycles. The van der Waals surface area contributed by atoms with Gasteiger partial charge in [-0.2, -0.15) is 4.98 Å². The molecule has 4 N–H and O–H groups in total. The van der Waals surface area contributed by atoms with Crippen LogP contribution in [0.25, 0.3) is 11.4 Å². The summed E-state index contributed by atoms with van der Waals surface area (Å²) in [5, 5.41) is 23.9. The molecule has 25 heavy (non-hydrogen) atoms. The summed E-state index contributed by atoms with van der Waals surface area (Å²) in [6.07, 6.45) is 1.65. The average molecular weight is 337 g/mol. The van der Waals surface area contributed by atoms with Crippen molar-refractivity contribution in [2.75, 3.05) is 17.2 Å². The predicted octanol–water partition coefficient (Wildman–Crippen LogP) is 2.48. The summed E-state index contributed by atoms with van der Waals surface area (Å²) >= 11 is 0. The van der Waals surface area contributed by atoms with Crippen molar-refractivity contribution in [1.29, 1.82) is 0 Å². The van der Waals surface area contributed by atoms with E-state index in [1.54, 1.807) is 48.7 Å². The fraction of sp³-hybridized carbons (Fsp3) is 0.0588. The van der Waals surface area contributed by atoms with Crippen molar-refractivity contribution in [1.82, 2.24) is 15.0 Å². The van der Waals surface area contributed by atoms with Crippen LogP contribution < -0.4 is 10.6 Å². The van der Waals surface area contributed by atoms with E-state index < -0.39 is 5.97 Å². The summed E-state index contributed by atoms with van der Waals surface area (Å²) in [5.41, 5.74) is 1.90. The van der Waals surface area contributed by atoms with Gasteiger partial charge in [-0.3, -0.25) is 9.78 Å². The number of pyridine rings is 1. The molecule has 0 bridgehead atoms. The molecule has 2 aromatic heterocycles. The Hall–Kier alpha value is -3.68. The van der Waals surface area contributed by atoms with Crippen LogP contribution in [0.1, 0.15) is 0 Å². The van der Waals surface area contributed by atoms with Gasteiger partial charge >= 0.3 is 5.97 Å². The first-order valence-corrected chi connectivity index (χ1v) is 7.42. The number of hydrogen-bond donors (Lipinski definition) is 4. The third kappa shape index (κ3) is 4.41. The smallest absolute Gasteiger partial charge is 0.322 e. The first-order chi connectivity index (χ1) is 12.1. The summed E-state index contributed by atoms with van der Waals surface area (Å²) in [7, 11) is 0. The molecule has 2 heterocycles. The van der Waals surface area contributed by atoms with E-state index in [0.717, 1.165) is 0 Å². The van der Waals surface area contributed by atoms with Gasteiger partial charge in [-0.05, 0) is 36.4 Å². The maximum atomic E-state index is 10.8. The number of nitrogens with one attached hydrogen (secondary N) is 2. The molecule has 0 radical (unpaired) electrons. The topological polar surface area (TPSA) is 120 Å². The van der Waals surface area contributed by atoms with Crippen molar-refractivity contribution in [3.63, 3.8) is 0 Å². The maximum Gasteiger partial charge on any atom is 0.322 e. The normalized spacial score (nSPS) is 10.2. The van der Waals surface area contributed by atoms with Gasteiger partial charge in [0.05, 0.1) is 11.4 Å². The van der Waals surface area contributed by atoms with E-state index in [1.165, 1.54) is 0 Å². The highest BCUT2D eigenvalue weighted by Crippen LogP contribution is 2.23. The number of carboxylic acids is 1. The van der Waals surface area contributed by atoms with Gasteiger partial charge in [-0.15, -0.1) is 0 Å². The molecule has 0 unspecified atom stereocenters. The number of aliphatic carboxylic acids is 1. The van der Waals surface area contributed by atoms with Crippen LogP contribution in [0, 0.1) is 0 Å². The Kier molecular flexibility index (Phi) is 4.70. The van der Waals surface area contributed by atoms with Crippen molar-refractivity contribution in [2.24, 2.45) is 0 Å². The lowest BCUT2D eigenvalue weighted by Crippen LogP contribution is -2.15. The van der Waals surface area contributed by atoms with Crippen LogP contribution in [0.15, 0.2) is 54.7 Å². The second-order valence-corrected chi connectivity index (χ2v) is 5.10. The second kappa shape index (κ2) is 7.26. The molecule has 3 aromatic rings. The van der Waals surface area contributed by atoms with Gasteiger partial charge in [-0.25, -0.2) is 4.98 Å². The van der Waals surface area contributed by atoms with Gasteiger partial charge in [0.25, 0.3) is 0 Å². The van der Waals surface area contributed by atoms with E-state index in [2.05, 4.69) is 25.6 Å². The first-order valence-electron chi connectivity index (χ1n) is 7.42. The summed E-state index contributed by atoms with van der Waals surface area (Å²) in [6, 6.07) is 13.6. The van der Waals surface area contributed by atoms with Crippen LogP contribution in [0.3, 0.4) is 0 Å². The molecule has 8 nitrogen and oxygen atoms in total. The molecule has 0 saturated carbocycles. The summed E-state index contributed by atoms with van der Waals surface area (Å²) in [6.45, 7) is -0.301. The minimum absolute atomic E-state index is 0.159. The Morgan fingerprint density at radius 2 is 1.84 bits per heavy atom. The molecule has 0 saturated heterocycles. The van der Waals surface area contributed by atoms with E-state index in [4.69, 9.17) is 5.11 Å². The number of phenolic OH excluding ortho intramolecular Hbond substituents is 1. The minimum atomic E-state index is -1.01. The van der Waals surface area contributed by atoms with Crippen LogP contribution in [0.5, 0.6) is 5.75 Å². The largest absolute Gasteiger partial charge is 0.508 e. The predicted molar refractivity (Wildman–Crippen MR) is 92.8 cm³/mol. The Balaban J connectivity index is 1.93. The standard InChI is InChI=1S/C17H15N5O3/c23-12-6-4-11(5-7-12)20-15-9-14(13-3-1-2-8-18-13)21-17(22-15)19-10-16(24)25/h1-9,23H,10H2,(H,24,25)(H2,19,20,21,22). The van der Waals surface area contributed by atoms with Crippen LogP contribution >= 0.6 is 0 Å². The van der Waals surface area contributed by atoms with Gasteiger partial charge in [0.2, 0.25) is 5.95 Å². The fourth-order valence-electron chi connectivity index (χ4n) is 2.08. The lowest BCUT2D eigenvalue weighted by Gasteiger charge is -2.10. The van der Waals surface area contributed by atoms with Crippen LogP contribution in [0.4, 0.5) is 17.5 Å². The van der Waals surface area contributed by atoms with Crippen molar-refractivity contribution in [2.45, 2.75) is 0 Å². The Bertz CT molecular complexity index is 869. The number of phenols is 1. The zero-order valence-corrected chi connectivity index (χ0v) is 13.0. The SMILES string of the molecule is O=C(O)CNc1nc(Nc2ccc(O)cc2)cc(-c2ccccn2)n1. The first kappa shape index (κ1) is 16.2. The molecule has 126 valence electrons. The molecule has 3 rings (SSSR count). The number of aromatic nitrogens is 3. The minimum Gasteiger partial charge on any atom is -0.508 e. The summed E-state index contributed by atoms with van der Waals surface area (Å²) in [4.78, 5) is 23.6. The number of aromatic hydroxyl groups is 1. The van der Waals surface area contributed by atoms with Gasteiger partial charge < -0.3 is 20.8 Å². The van der Waals surface area contributed by atoms with Crippen molar-refractivity contribution >= 4 is 23.4 Å². The maximum absolute atomic E-state index is 10.8. The molecule has 0 atom stereocenters. The number of anilines is 3. The van der Waals surface area contributed by atoms with Crippen LogP contribution in [0.2, 0.25) is 0 Å². The highest BCUT2D eigenvalue weighted by molar-refractivity contribution is 5.72. The van der Waals surface area contributed by atoms with Crippen molar-refractivity contribution < 1.29 is 15.0 Å². The zero-order chi connectivity index (χ0) is 17.6. The lowest BCUT2D eigenvalue weighted by molar-refractivity contribution is -0.134. The van der Waals surface area contributed by atoms with Crippen molar-refractivity contribution in [3.8, 4) is 17.1 Å². The number of hydrogen-bond acceptors (Lipinski definition) is 7. The Labute approximate surface area is 143 Å². The van der Waals surface area contributed by atoms with Crippen LogP contribution in [-0.2, 0) is 4.79 Å². The second-order valence-electron chi connectivity index (χ2n) is 5.10. The number of benzene rings is 1. The lowest BCUT2D eigenvalue weighted by atomic mass is 10.2. The number of carbonyl (C=O) groups is 1. The van der Waals surface area contributed by atoms with E-state index >= 15 is 0 Å². The molecule has 0 amide bonds. The Morgan fingerprint density at radius 1 is 1.04 bits per heavy atom. The highest BCUT2D eigenvalue weighted by Gasteiger charge is 2.09. The molecule has 1 aromatic carbocycles. The molecular formula is C17H15N5O3. The van der Waals surface area contributed by atoms with Crippen LogP contribution in [-0.4, -0.2) is 37.7 Å². The van der Waals surface area contributed by atoms with Crippen molar-refractivity contribution in [3.05, 3.63) is 54.7 Å². The number of carboxylic acid groups (broad SMARTS) is 1. The van der Waals surface area contributed by atoms with E-state index in [0.29, 0.717) is 22.9 Å². The van der Waals surface area contributed by atoms with E-state index in [1.807, 2.05) is 6.07 Å². The molecule has 0 spiro atoms.